The summed E-state index contributed by atoms with van der Waals surface area (Å²) in [5, 5.41) is 0. The molecule has 0 aliphatic carbocycles. The van der Waals surface area contributed by atoms with E-state index in [1.54, 1.807) is 0 Å². The number of ether oxygens (including phenoxy) is 1. The molecule has 0 unspecified atom stereocenters. The van der Waals surface area contributed by atoms with Gasteiger partial charge >= 0.3 is 0 Å². The molecule has 0 rings (SSSR count). The van der Waals surface area contributed by atoms with Crippen molar-refractivity contribution in [1.29, 1.82) is 0 Å². The largest absolute Gasteiger partial charge is 0.382 e. The van der Waals surface area contributed by atoms with Crippen LogP contribution < -0.4 is 5.73 Å². The van der Waals surface area contributed by atoms with Crippen LogP contribution >= 0.6 is 0 Å². The van der Waals surface area contributed by atoms with Crippen LogP contribution in [0, 0.1) is 0 Å². The second-order valence-corrected chi connectivity index (χ2v) is 4.52. The van der Waals surface area contributed by atoms with E-state index >= 15 is 0 Å². The summed E-state index contributed by atoms with van der Waals surface area (Å²) in [6, 6.07) is 0. The van der Waals surface area contributed by atoms with Crippen molar-refractivity contribution in [1.82, 2.24) is 0 Å². The molecule has 2 heteroatoms. The highest BCUT2D eigenvalue weighted by Gasteiger charge is 1.92. The number of unbranched alkanes of at least 4 members (excludes halogenated alkanes) is 9. The SMILES string of the molecule is CCOCCCCCCCCCCCCN. The number of hydrogen-bond donors (Lipinski definition) is 1. The predicted octanol–water partition coefficient (Wildman–Crippen LogP) is 3.88. The fourth-order valence-corrected chi connectivity index (χ4v) is 1.91. The molecule has 0 fully saturated rings. The summed E-state index contributed by atoms with van der Waals surface area (Å²) in [7, 11) is 0. The van der Waals surface area contributed by atoms with E-state index in [4.69, 9.17) is 10.5 Å². The highest BCUT2D eigenvalue weighted by molar-refractivity contribution is 4.48. The Bertz CT molecular complexity index is 103. The van der Waals surface area contributed by atoms with E-state index in [0.29, 0.717) is 0 Å². The Hall–Kier alpha value is -0.0800. The van der Waals surface area contributed by atoms with Crippen molar-refractivity contribution in [2.45, 2.75) is 71.1 Å². The molecule has 0 atom stereocenters. The van der Waals surface area contributed by atoms with E-state index in [0.717, 1.165) is 19.8 Å². The molecule has 0 aromatic heterocycles. The maximum absolute atomic E-state index is 5.45. The van der Waals surface area contributed by atoms with Gasteiger partial charge in [0.25, 0.3) is 0 Å². The summed E-state index contributed by atoms with van der Waals surface area (Å²) in [5.41, 5.74) is 5.45. The molecule has 2 N–H and O–H groups in total. The van der Waals surface area contributed by atoms with Gasteiger partial charge in [0.1, 0.15) is 0 Å². The van der Waals surface area contributed by atoms with Gasteiger partial charge in [-0.2, -0.15) is 0 Å². The minimum atomic E-state index is 0.861. The van der Waals surface area contributed by atoms with Crippen LogP contribution in [0.2, 0.25) is 0 Å². The van der Waals surface area contributed by atoms with Crippen LogP contribution in [-0.4, -0.2) is 19.8 Å². The molecule has 2 nitrogen and oxygen atoms in total. The first-order chi connectivity index (χ1) is 7.91. The standard InChI is InChI=1S/C14H31NO/c1-2-16-14-12-10-8-6-4-3-5-7-9-11-13-15/h2-15H2,1H3. The molecule has 0 aromatic carbocycles. The number of nitrogens with two attached hydrogens (primary N) is 1. The third-order valence-electron chi connectivity index (χ3n) is 2.95. The zero-order valence-corrected chi connectivity index (χ0v) is 11.2. The normalized spacial score (nSPS) is 10.9. The van der Waals surface area contributed by atoms with Gasteiger partial charge < -0.3 is 10.5 Å². The Labute approximate surface area is 102 Å². The summed E-state index contributed by atoms with van der Waals surface area (Å²) in [6.07, 6.45) is 13.5. The molecular weight excluding hydrogens is 198 g/mol. The molecule has 0 spiro atoms. The Morgan fingerprint density at radius 1 is 0.688 bits per heavy atom. The fraction of sp³-hybridized carbons (Fsp3) is 1.00. The Morgan fingerprint density at radius 3 is 1.56 bits per heavy atom. The molecule has 0 saturated carbocycles. The van der Waals surface area contributed by atoms with Crippen LogP contribution in [0.4, 0.5) is 0 Å². The molecule has 0 bridgehead atoms. The molecule has 0 radical (unpaired) electrons. The lowest BCUT2D eigenvalue weighted by atomic mass is 10.1. The van der Waals surface area contributed by atoms with Crippen molar-refractivity contribution in [3.63, 3.8) is 0 Å². The fourth-order valence-electron chi connectivity index (χ4n) is 1.91. The lowest BCUT2D eigenvalue weighted by molar-refractivity contribution is 0.143. The zero-order valence-electron chi connectivity index (χ0n) is 11.2. The lowest BCUT2D eigenvalue weighted by Gasteiger charge is -2.02. The first kappa shape index (κ1) is 15.9. The first-order valence-electron chi connectivity index (χ1n) is 7.19. The van der Waals surface area contributed by atoms with Crippen LogP contribution in [0.25, 0.3) is 0 Å². The highest BCUT2D eigenvalue weighted by atomic mass is 16.5. The van der Waals surface area contributed by atoms with E-state index in [-0.39, 0.29) is 0 Å². The van der Waals surface area contributed by atoms with Crippen molar-refractivity contribution in [3.05, 3.63) is 0 Å². The molecule has 0 heterocycles. The summed E-state index contributed by atoms with van der Waals surface area (Å²) < 4.78 is 5.31. The molecule has 0 aliphatic heterocycles. The van der Waals surface area contributed by atoms with Gasteiger partial charge in [-0.1, -0.05) is 51.4 Å². The van der Waals surface area contributed by atoms with Gasteiger partial charge in [-0.05, 0) is 26.3 Å². The molecular formula is C14H31NO. The number of rotatable bonds is 13. The molecule has 0 amide bonds. The Morgan fingerprint density at radius 2 is 1.12 bits per heavy atom. The van der Waals surface area contributed by atoms with Crippen molar-refractivity contribution in [3.8, 4) is 0 Å². The maximum Gasteiger partial charge on any atom is 0.0465 e. The molecule has 98 valence electrons. The summed E-state index contributed by atoms with van der Waals surface area (Å²) >= 11 is 0. The van der Waals surface area contributed by atoms with Crippen LogP contribution in [0.15, 0.2) is 0 Å². The average molecular weight is 229 g/mol. The van der Waals surface area contributed by atoms with Crippen LogP contribution in [0.1, 0.15) is 71.1 Å². The van der Waals surface area contributed by atoms with E-state index in [1.807, 2.05) is 0 Å². The van der Waals surface area contributed by atoms with Gasteiger partial charge in [-0.15, -0.1) is 0 Å². The second kappa shape index (κ2) is 14.9. The van der Waals surface area contributed by atoms with Crippen molar-refractivity contribution >= 4 is 0 Å². The summed E-state index contributed by atoms with van der Waals surface area (Å²) in [5.74, 6) is 0. The molecule has 16 heavy (non-hydrogen) atoms. The Kier molecular flexibility index (Phi) is 14.8. The average Bonchev–Trinajstić information content (AvgIpc) is 2.31. The van der Waals surface area contributed by atoms with Gasteiger partial charge in [0.15, 0.2) is 0 Å². The van der Waals surface area contributed by atoms with Crippen molar-refractivity contribution in [2.24, 2.45) is 5.73 Å². The topological polar surface area (TPSA) is 35.2 Å². The quantitative estimate of drug-likeness (QED) is 0.486. The maximum atomic E-state index is 5.45. The second-order valence-electron chi connectivity index (χ2n) is 4.52. The number of hydrogen-bond acceptors (Lipinski definition) is 2. The van der Waals surface area contributed by atoms with Crippen LogP contribution in [-0.2, 0) is 4.74 Å². The molecule has 0 aromatic rings. The van der Waals surface area contributed by atoms with E-state index in [2.05, 4.69) is 6.92 Å². The predicted molar refractivity (Wildman–Crippen MR) is 71.7 cm³/mol. The van der Waals surface area contributed by atoms with E-state index < -0.39 is 0 Å². The van der Waals surface area contributed by atoms with Gasteiger partial charge in [0, 0.05) is 13.2 Å². The Balaban J connectivity index is 2.83. The smallest absolute Gasteiger partial charge is 0.0465 e. The van der Waals surface area contributed by atoms with Crippen molar-refractivity contribution < 1.29 is 4.74 Å². The van der Waals surface area contributed by atoms with Gasteiger partial charge in [0.2, 0.25) is 0 Å². The van der Waals surface area contributed by atoms with Crippen LogP contribution in [0.3, 0.4) is 0 Å². The third-order valence-corrected chi connectivity index (χ3v) is 2.95. The van der Waals surface area contributed by atoms with E-state index in [9.17, 15) is 0 Å². The summed E-state index contributed by atoms with van der Waals surface area (Å²) in [4.78, 5) is 0. The van der Waals surface area contributed by atoms with Crippen LogP contribution in [0.5, 0.6) is 0 Å². The van der Waals surface area contributed by atoms with E-state index in [1.165, 1.54) is 64.2 Å². The molecule has 0 saturated heterocycles. The lowest BCUT2D eigenvalue weighted by Crippen LogP contribution is -1.97. The third kappa shape index (κ3) is 13.9. The summed E-state index contributed by atoms with van der Waals surface area (Å²) in [6.45, 7) is 4.74. The van der Waals surface area contributed by atoms with Crippen molar-refractivity contribution in [2.75, 3.05) is 19.8 Å². The minimum Gasteiger partial charge on any atom is -0.382 e. The minimum absolute atomic E-state index is 0.861. The molecule has 0 aliphatic rings. The monoisotopic (exact) mass is 229 g/mol. The van der Waals surface area contributed by atoms with Gasteiger partial charge in [-0.3, -0.25) is 0 Å². The van der Waals surface area contributed by atoms with Gasteiger partial charge in [-0.25, -0.2) is 0 Å². The van der Waals surface area contributed by atoms with Gasteiger partial charge in [0.05, 0.1) is 0 Å². The zero-order chi connectivity index (χ0) is 11.9. The highest BCUT2D eigenvalue weighted by Crippen LogP contribution is 2.10. The first-order valence-corrected chi connectivity index (χ1v) is 7.19.